The van der Waals surface area contributed by atoms with Gasteiger partial charge in [0.25, 0.3) is 0 Å². The van der Waals surface area contributed by atoms with Crippen LogP contribution in [0.15, 0.2) is 36.4 Å². The molecule has 0 aliphatic rings. The van der Waals surface area contributed by atoms with Crippen molar-refractivity contribution in [3.05, 3.63) is 47.0 Å². The van der Waals surface area contributed by atoms with Crippen molar-refractivity contribution in [2.45, 2.75) is 6.10 Å². The van der Waals surface area contributed by atoms with Crippen LogP contribution in [-0.2, 0) is 0 Å². The third-order valence-electron chi connectivity index (χ3n) is 3.68. The minimum Gasteiger partial charge on any atom is -0.496 e. The lowest BCUT2D eigenvalue weighted by molar-refractivity contribution is 0.171. The molecule has 8 heteroatoms. The lowest BCUT2D eigenvalue weighted by Gasteiger charge is -2.17. The van der Waals surface area contributed by atoms with E-state index in [9.17, 15) is 9.90 Å². The number of halogens is 1. The minimum absolute atomic E-state index is 0.000747. The first kappa shape index (κ1) is 19.7. The Labute approximate surface area is 156 Å². The number of anilines is 1. The first-order chi connectivity index (χ1) is 12.5. The molecule has 2 aromatic carbocycles. The van der Waals surface area contributed by atoms with Gasteiger partial charge in [-0.05, 0) is 6.07 Å². The third-order valence-corrected chi connectivity index (χ3v) is 3.97. The van der Waals surface area contributed by atoms with Crippen molar-refractivity contribution in [3.8, 4) is 17.2 Å². The fourth-order valence-corrected chi connectivity index (χ4v) is 2.60. The van der Waals surface area contributed by atoms with E-state index in [-0.39, 0.29) is 6.54 Å². The quantitative estimate of drug-likeness (QED) is 0.686. The van der Waals surface area contributed by atoms with E-state index >= 15 is 0 Å². The molecule has 0 heterocycles. The molecule has 0 fully saturated rings. The number of aliphatic hydroxyl groups is 1. The topological polar surface area (TPSA) is 89.1 Å². The smallest absolute Gasteiger partial charge is 0.319 e. The van der Waals surface area contributed by atoms with Crippen molar-refractivity contribution in [2.75, 3.05) is 33.2 Å². The van der Waals surface area contributed by atoms with Crippen molar-refractivity contribution < 1.29 is 24.1 Å². The Morgan fingerprint density at radius 2 is 1.73 bits per heavy atom. The van der Waals surface area contributed by atoms with Gasteiger partial charge >= 0.3 is 6.03 Å². The van der Waals surface area contributed by atoms with Crippen LogP contribution in [0.2, 0.25) is 5.02 Å². The molecule has 0 aliphatic carbocycles. The predicted octanol–water partition coefficient (Wildman–Crippen LogP) is 3.22. The molecule has 140 valence electrons. The molecule has 7 nitrogen and oxygen atoms in total. The van der Waals surface area contributed by atoms with Gasteiger partial charge in [0.2, 0.25) is 0 Å². The van der Waals surface area contributed by atoms with Gasteiger partial charge in [-0.15, -0.1) is 0 Å². The highest BCUT2D eigenvalue weighted by Gasteiger charge is 2.16. The summed E-state index contributed by atoms with van der Waals surface area (Å²) in [6.45, 7) is -0.000747. The first-order valence-electron chi connectivity index (χ1n) is 7.77. The molecule has 0 saturated carbocycles. The number of methoxy groups -OCH3 is 3. The maximum Gasteiger partial charge on any atom is 0.319 e. The molecule has 0 bridgehead atoms. The summed E-state index contributed by atoms with van der Waals surface area (Å²) in [4.78, 5) is 12.2. The summed E-state index contributed by atoms with van der Waals surface area (Å²) in [5, 5.41) is 15.9. The van der Waals surface area contributed by atoms with E-state index in [1.54, 1.807) is 36.4 Å². The number of ether oxygens (including phenoxy) is 3. The molecule has 1 unspecified atom stereocenters. The maximum atomic E-state index is 12.2. The Hall–Kier alpha value is -2.64. The van der Waals surface area contributed by atoms with Crippen LogP contribution in [0, 0.1) is 0 Å². The zero-order chi connectivity index (χ0) is 19.1. The van der Waals surface area contributed by atoms with E-state index in [1.807, 2.05) is 0 Å². The summed E-state index contributed by atoms with van der Waals surface area (Å²) in [7, 11) is 4.46. The van der Waals surface area contributed by atoms with Gasteiger partial charge in [-0.25, -0.2) is 4.79 Å². The second-order valence-corrected chi connectivity index (χ2v) is 5.69. The molecule has 26 heavy (non-hydrogen) atoms. The van der Waals surface area contributed by atoms with Gasteiger partial charge < -0.3 is 30.0 Å². The van der Waals surface area contributed by atoms with Gasteiger partial charge in [0.1, 0.15) is 17.2 Å². The summed E-state index contributed by atoms with van der Waals surface area (Å²) in [5.74, 6) is 1.33. The number of hydrogen-bond acceptors (Lipinski definition) is 5. The monoisotopic (exact) mass is 380 g/mol. The van der Waals surface area contributed by atoms with Crippen LogP contribution in [0.5, 0.6) is 17.2 Å². The summed E-state index contributed by atoms with van der Waals surface area (Å²) < 4.78 is 15.5. The van der Waals surface area contributed by atoms with Crippen molar-refractivity contribution in [2.24, 2.45) is 0 Å². The maximum absolute atomic E-state index is 12.2. The number of carbonyl (C=O) groups excluding carboxylic acids is 1. The fourth-order valence-electron chi connectivity index (χ4n) is 2.37. The normalized spacial score (nSPS) is 11.4. The van der Waals surface area contributed by atoms with E-state index < -0.39 is 12.1 Å². The van der Waals surface area contributed by atoms with Crippen molar-refractivity contribution in [1.29, 1.82) is 0 Å². The number of amides is 2. The van der Waals surface area contributed by atoms with Gasteiger partial charge in [0.05, 0.1) is 38.1 Å². The van der Waals surface area contributed by atoms with Crippen LogP contribution >= 0.6 is 11.6 Å². The second-order valence-electron chi connectivity index (χ2n) is 5.28. The highest BCUT2D eigenvalue weighted by atomic mass is 35.5. The first-order valence-corrected chi connectivity index (χ1v) is 8.15. The van der Waals surface area contributed by atoms with E-state index in [4.69, 9.17) is 25.8 Å². The molecule has 2 aromatic rings. The number of hydrogen-bond donors (Lipinski definition) is 3. The number of urea groups is 1. The SMILES string of the molecule is COc1cc(NC(=O)NCC(O)c2ccccc2OC)c(OC)cc1Cl. The van der Waals surface area contributed by atoms with Crippen LogP contribution in [0.25, 0.3) is 0 Å². The number of carbonyl (C=O) groups is 1. The summed E-state index contributed by atoms with van der Waals surface area (Å²) in [6, 6.07) is 9.64. The summed E-state index contributed by atoms with van der Waals surface area (Å²) in [6.07, 6.45) is -0.918. The van der Waals surface area contributed by atoms with E-state index in [0.717, 1.165) is 0 Å². The number of nitrogens with one attached hydrogen (secondary N) is 2. The Bertz CT molecular complexity index is 769. The molecule has 3 N–H and O–H groups in total. The molecule has 0 saturated heterocycles. The standard InChI is InChI=1S/C18H21ClN2O5/c1-24-15-7-5-4-6-11(15)14(22)10-20-18(23)21-13-9-16(25-2)12(19)8-17(13)26-3/h4-9,14,22H,10H2,1-3H3,(H2,20,21,23). The Morgan fingerprint density at radius 1 is 1.08 bits per heavy atom. The molecule has 2 rings (SSSR count). The Balaban J connectivity index is 2.03. The average Bonchev–Trinajstić information content (AvgIpc) is 2.66. The van der Waals surface area contributed by atoms with Crippen LogP contribution in [0.1, 0.15) is 11.7 Å². The highest BCUT2D eigenvalue weighted by Crippen LogP contribution is 2.35. The van der Waals surface area contributed by atoms with Crippen molar-refractivity contribution >= 4 is 23.3 Å². The van der Waals surface area contributed by atoms with Crippen LogP contribution in [0.4, 0.5) is 10.5 Å². The predicted molar refractivity (Wildman–Crippen MR) is 99.5 cm³/mol. The largest absolute Gasteiger partial charge is 0.496 e. The highest BCUT2D eigenvalue weighted by molar-refractivity contribution is 6.32. The Morgan fingerprint density at radius 3 is 2.38 bits per heavy atom. The zero-order valence-corrected chi connectivity index (χ0v) is 15.5. The molecular weight excluding hydrogens is 360 g/mol. The molecule has 1 atom stereocenters. The van der Waals surface area contributed by atoms with E-state index in [0.29, 0.717) is 33.5 Å². The van der Waals surface area contributed by atoms with Crippen molar-refractivity contribution in [3.63, 3.8) is 0 Å². The van der Waals surface area contributed by atoms with Gasteiger partial charge in [0.15, 0.2) is 0 Å². The van der Waals surface area contributed by atoms with Crippen molar-refractivity contribution in [1.82, 2.24) is 5.32 Å². The van der Waals surface area contributed by atoms with Gasteiger partial charge in [-0.2, -0.15) is 0 Å². The summed E-state index contributed by atoms with van der Waals surface area (Å²) in [5.41, 5.74) is 0.971. The fraction of sp³-hybridized carbons (Fsp3) is 0.278. The number of para-hydroxylation sites is 1. The second kappa shape index (κ2) is 9.17. The van der Waals surface area contributed by atoms with Crippen LogP contribution in [-0.4, -0.2) is 39.0 Å². The summed E-state index contributed by atoms with van der Waals surface area (Å²) >= 11 is 6.04. The van der Waals surface area contributed by atoms with E-state index in [1.165, 1.54) is 21.3 Å². The zero-order valence-electron chi connectivity index (χ0n) is 14.7. The van der Waals surface area contributed by atoms with Crippen LogP contribution in [0.3, 0.4) is 0 Å². The average molecular weight is 381 g/mol. The number of benzene rings is 2. The molecule has 0 aromatic heterocycles. The number of rotatable bonds is 7. The third kappa shape index (κ3) is 4.71. The molecule has 0 spiro atoms. The minimum atomic E-state index is -0.918. The van der Waals surface area contributed by atoms with Crippen LogP contribution < -0.4 is 24.8 Å². The lowest BCUT2D eigenvalue weighted by Crippen LogP contribution is -2.32. The van der Waals surface area contributed by atoms with Gasteiger partial charge in [-0.3, -0.25) is 0 Å². The Kier molecular flexibility index (Phi) is 6.94. The molecule has 0 radical (unpaired) electrons. The van der Waals surface area contributed by atoms with Gasteiger partial charge in [0, 0.05) is 24.2 Å². The molecular formula is C18H21ClN2O5. The van der Waals surface area contributed by atoms with Gasteiger partial charge in [-0.1, -0.05) is 29.8 Å². The van der Waals surface area contributed by atoms with E-state index in [2.05, 4.69) is 10.6 Å². The molecule has 0 aliphatic heterocycles. The molecule has 2 amide bonds. The number of aliphatic hydroxyl groups excluding tert-OH is 1. The lowest BCUT2D eigenvalue weighted by atomic mass is 10.1.